The summed E-state index contributed by atoms with van der Waals surface area (Å²) in [6.45, 7) is 6.46. The van der Waals surface area contributed by atoms with Crippen molar-refractivity contribution in [1.82, 2.24) is 9.97 Å². The highest BCUT2D eigenvalue weighted by Crippen LogP contribution is 2.24. The number of aromatic nitrogens is 2. The van der Waals surface area contributed by atoms with Gasteiger partial charge in [-0.3, -0.25) is 0 Å². The predicted octanol–water partition coefficient (Wildman–Crippen LogP) is 3.89. The van der Waals surface area contributed by atoms with Crippen molar-refractivity contribution in [2.24, 2.45) is 0 Å². The maximum absolute atomic E-state index is 12.1. The lowest BCUT2D eigenvalue weighted by Gasteiger charge is -2.14. The molecule has 0 amide bonds. The molecule has 0 atom stereocenters. The normalized spacial score (nSPS) is 11.5. The number of alkyl halides is 3. The second kappa shape index (κ2) is 8.05. The molecule has 0 aliphatic carbocycles. The van der Waals surface area contributed by atoms with Crippen LogP contribution in [0.4, 0.5) is 19.0 Å². The van der Waals surface area contributed by atoms with E-state index in [4.69, 9.17) is 4.74 Å². The molecular weight excluding hydrogens is 283 g/mol. The predicted molar refractivity (Wildman–Crippen MR) is 75.7 cm³/mol. The van der Waals surface area contributed by atoms with Crippen LogP contribution in [0.15, 0.2) is 0 Å². The average molecular weight is 305 g/mol. The third-order valence-electron chi connectivity index (χ3n) is 2.81. The Morgan fingerprint density at radius 1 is 1.19 bits per heavy atom. The molecule has 0 aromatic carbocycles. The van der Waals surface area contributed by atoms with E-state index in [0.717, 1.165) is 12.0 Å². The zero-order valence-corrected chi connectivity index (χ0v) is 12.7. The summed E-state index contributed by atoms with van der Waals surface area (Å²) in [7, 11) is 0. The molecule has 120 valence electrons. The lowest BCUT2D eigenvalue weighted by molar-refractivity contribution is -0.136. The molecule has 0 unspecified atom stereocenters. The van der Waals surface area contributed by atoms with E-state index >= 15 is 0 Å². The molecule has 0 aliphatic heterocycles. The fourth-order valence-electron chi connectivity index (χ4n) is 1.80. The van der Waals surface area contributed by atoms with Crippen LogP contribution in [0.1, 0.15) is 44.5 Å². The molecule has 1 heterocycles. The first-order chi connectivity index (χ1) is 9.87. The summed E-state index contributed by atoms with van der Waals surface area (Å²) in [5, 5.41) is 3.12. The lowest BCUT2D eigenvalue weighted by Crippen LogP contribution is -2.12. The molecule has 0 radical (unpaired) electrons. The van der Waals surface area contributed by atoms with Crippen LogP contribution < -0.4 is 10.1 Å². The van der Waals surface area contributed by atoms with Gasteiger partial charge in [-0.1, -0.05) is 6.92 Å². The standard InChI is InChI=1S/C14H22F3N3O/c1-4-7-11-19-12(18-5-2)10(3)13(20-11)21-9-6-8-14(15,16)17/h4-9H2,1-3H3,(H,18,19,20). The van der Waals surface area contributed by atoms with E-state index in [0.29, 0.717) is 30.5 Å². The Hall–Kier alpha value is -1.53. The van der Waals surface area contributed by atoms with Gasteiger partial charge >= 0.3 is 6.18 Å². The zero-order valence-electron chi connectivity index (χ0n) is 12.7. The smallest absolute Gasteiger partial charge is 0.389 e. The van der Waals surface area contributed by atoms with Crippen LogP contribution in [-0.4, -0.2) is 29.3 Å². The SMILES string of the molecule is CCCc1nc(NCC)c(C)c(OCCCC(F)(F)F)n1. The molecule has 0 saturated heterocycles. The van der Waals surface area contributed by atoms with Gasteiger partial charge in [0.25, 0.3) is 0 Å². The summed E-state index contributed by atoms with van der Waals surface area (Å²) in [4.78, 5) is 8.68. The van der Waals surface area contributed by atoms with Crippen molar-refractivity contribution in [3.63, 3.8) is 0 Å². The topological polar surface area (TPSA) is 47.0 Å². The van der Waals surface area contributed by atoms with Crippen LogP contribution in [-0.2, 0) is 6.42 Å². The molecule has 0 bridgehead atoms. The van der Waals surface area contributed by atoms with Crippen molar-refractivity contribution in [2.75, 3.05) is 18.5 Å². The number of nitrogens with zero attached hydrogens (tertiary/aromatic N) is 2. The van der Waals surface area contributed by atoms with Crippen LogP contribution in [0, 0.1) is 6.92 Å². The van der Waals surface area contributed by atoms with Crippen LogP contribution in [0.3, 0.4) is 0 Å². The second-order valence-electron chi connectivity index (χ2n) is 4.77. The second-order valence-corrected chi connectivity index (χ2v) is 4.77. The largest absolute Gasteiger partial charge is 0.477 e. The fraction of sp³-hybridized carbons (Fsp3) is 0.714. The van der Waals surface area contributed by atoms with E-state index < -0.39 is 12.6 Å². The third-order valence-corrected chi connectivity index (χ3v) is 2.81. The number of hydrogen-bond acceptors (Lipinski definition) is 4. The first-order valence-corrected chi connectivity index (χ1v) is 7.18. The van der Waals surface area contributed by atoms with Gasteiger partial charge in [-0.15, -0.1) is 0 Å². The molecule has 7 heteroatoms. The number of rotatable bonds is 8. The van der Waals surface area contributed by atoms with Crippen LogP contribution in [0.5, 0.6) is 5.88 Å². The number of aryl methyl sites for hydroxylation is 1. The Morgan fingerprint density at radius 2 is 1.90 bits per heavy atom. The molecule has 0 aliphatic rings. The van der Waals surface area contributed by atoms with E-state index in [9.17, 15) is 13.2 Å². The van der Waals surface area contributed by atoms with Crippen molar-refractivity contribution in [3.8, 4) is 5.88 Å². The monoisotopic (exact) mass is 305 g/mol. The molecule has 0 spiro atoms. The Balaban J connectivity index is 2.74. The third kappa shape index (κ3) is 6.18. The minimum atomic E-state index is -4.15. The van der Waals surface area contributed by atoms with Gasteiger partial charge in [-0.2, -0.15) is 18.2 Å². The van der Waals surface area contributed by atoms with Crippen molar-refractivity contribution in [3.05, 3.63) is 11.4 Å². The first-order valence-electron chi connectivity index (χ1n) is 7.18. The van der Waals surface area contributed by atoms with Gasteiger partial charge in [0.2, 0.25) is 5.88 Å². The van der Waals surface area contributed by atoms with E-state index in [-0.39, 0.29) is 13.0 Å². The zero-order chi connectivity index (χ0) is 15.9. The number of halogens is 3. The van der Waals surface area contributed by atoms with Gasteiger partial charge < -0.3 is 10.1 Å². The van der Waals surface area contributed by atoms with Gasteiger partial charge in [-0.05, 0) is 26.7 Å². The minimum Gasteiger partial charge on any atom is -0.477 e. The summed E-state index contributed by atoms with van der Waals surface area (Å²) in [6, 6.07) is 0. The molecular formula is C14H22F3N3O. The quantitative estimate of drug-likeness (QED) is 0.740. The molecule has 4 nitrogen and oxygen atoms in total. The van der Waals surface area contributed by atoms with Crippen LogP contribution >= 0.6 is 0 Å². The highest BCUT2D eigenvalue weighted by Gasteiger charge is 2.26. The van der Waals surface area contributed by atoms with Gasteiger partial charge in [0.1, 0.15) is 11.6 Å². The van der Waals surface area contributed by atoms with Gasteiger partial charge in [0.15, 0.2) is 0 Å². The van der Waals surface area contributed by atoms with Gasteiger partial charge in [0.05, 0.1) is 12.2 Å². The van der Waals surface area contributed by atoms with Crippen molar-refractivity contribution in [1.29, 1.82) is 0 Å². The Labute approximate surface area is 123 Å². The maximum atomic E-state index is 12.1. The van der Waals surface area contributed by atoms with Crippen LogP contribution in [0.25, 0.3) is 0 Å². The van der Waals surface area contributed by atoms with E-state index in [1.54, 1.807) is 6.92 Å². The van der Waals surface area contributed by atoms with E-state index in [2.05, 4.69) is 15.3 Å². The molecule has 0 fully saturated rings. The number of hydrogen-bond donors (Lipinski definition) is 1. The summed E-state index contributed by atoms with van der Waals surface area (Å²) >= 11 is 0. The number of nitrogens with one attached hydrogen (secondary N) is 1. The number of ether oxygens (including phenoxy) is 1. The summed E-state index contributed by atoms with van der Waals surface area (Å²) in [5.41, 5.74) is 0.726. The first kappa shape index (κ1) is 17.5. The Morgan fingerprint density at radius 3 is 2.48 bits per heavy atom. The molecule has 1 aromatic heterocycles. The van der Waals surface area contributed by atoms with Crippen LogP contribution in [0.2, 0.25) is 0 Å². The molecule has 21 heavy (non-hydrogen) atoms. The van der Waals surface area contributed by atoms with E-state index in [1.807, 2.05) is 13.8 Å². The molecule has 1 aromatic rings. The average Bonchev–Trinajstić information content (AvgIpc) is 2.39. The highest BCUT2D eigenvalue weighted by atomic mass is 19.4. The highest BCUT2D eigenvalue weighted by molar-refractivity contribution is 5.48. The van der Waals surface area contributed by atoms with E-state index in [1.165, 1.54) is 0 Å². The lowest BCUT2D eigenvalue weighted by atomic mass is 10.2. The fourth-order valence-corrected chi connectivity index (χ4v) is 1.80. The Kier molecular flexibility index (Phi) is 6.71. The molecule has 1 N–H and O–H groups in total. The van der Waals surface area contributed by atoms with Crippen molar-refractivity contribution >= 4 is 5.82 Å². The van der Waals surface area contributed by atoms with Crippen molar-refractivity contribution in [2.45, 2.75) is 52.6 Å². The minimum absolute atomic E-state index is 0.00546. The summed E-state index contributed by atoms with van der Waals surface area (Å²) in [5.74, 6) is 1.69. The Bertz CT molecular complexity index is 450. The van der Waals surface area contributed by atoms with Gasteiger partial charge in [-0.25, -0.2) is 4.98 Å². The summed E-state index contributed by atoms with van der Waals surface area (Å²) in [6.07, 6.45) is -3.47. The van der Waals surface area contributed by atoms with Gasteiger partial charge in [0, 0.05) is 19.4 Å². The molecule has 1 rings (SSSR count). The maximum Gasteiger partial charge on any atom is 0.389 e. The summed E-state index contributed by atoms with van der Waals surface area (Å²) < 4.78 is 41.7. The van der Waals surface area contributed by atoms with Crippen molar-refractivity contribution < 1.29 is 17.9 Å². The molecule has 0 saturated carbocycles. The number of anilines is 1.